The first-order valence-electron chi connectivity index (χ1n) is 6.84. The van der Waals surface area contributed by atoms with Crippen molar-refractivity contribution in [1.82, 2.24) is 4.90 Å². The van der Waals surface area contributed by atoms with E-state index in [4.69, 9.17) is 5.73 Å². The Morgan fingerprint density at radius 2 is 2.00 bits per heavy atom. The van der Waals surface area contributed by atoms with Gasteiger partial charge in [-0.1, -0.05) is 6.07 Å². The summed E-state index contributed by atoms with van der Waals surface area (Å²) >= 11 is 0. The lowest BCUT2D eigenvalue weighted by atomic mass is 10.0. The first-order chi connectivity index (χ1) is 8.61. The highest BCUT2D eigenvalue weighted by Crippen LogP contribution is 2.24. The Morgan fingerprint density at radius 1 is 1.22 bits per heavy atom. The van der Waals surface area contributed by atoms with Crippen LogP contribution < -0.4 is 10.6 Å². The molecule has 18 heavy (non-hydrogen) atoms. The van der Waals surface area contributed by atoms with Gasteiger partial charge >= 0.3 is 0 Å². The molecule has 1 fully saturated rings. The van der Waals surface area contributed by atoms with E-state index in [1.807, 2.05) is 0 Å². The number of benzene rings is 1. The SMILES string of the molecule is Cc1ccc(N2CCN(C)CC2CCN)cc1C. The summed E-state index contributed by atoms with van der Waals surface area (Å²) in [6.45, 7) is 8.47. The Balaban J connectivity index is 2.20. The summed E-state index contributed by atoms with van der Waals surface area (Å²) in [5.74, 6) is 0. The molecule has 0 saturated carbocycles. The van der Waals surface area contributed by atoms with E-state index in [2.05, 4.69) is 48.9 Å². The van der Waals surface area contributed by atoms with Crippen LogP contribution in [0, 0.1) is 13.8 Å². The Labute approximate surface area is 111 Å². The zero-order chi connectivity index (χ0) is 13.1. The van der Waals surface area contributed by atoms with Gasteiger partial charge in [-0.25, -0.2) is 0 Å². The number of hydrogen-bond donors (Lipinski definition) is 1. The Kier molecular flexibility index (Phi) is 4.25. The molecule has 100 valence electrons. The number of aryl methyl sites for hydroxylation is 2. The van der Waals surface area contributed by atoms with Crippen LogP contribution in [0.15, 0.2) is 18.2 Å². The molecule has 0 bridgehead atoms. The van der Waals surface area contributed by atoms with E-state index < -0.39 is 0 Å². The Morgan fingerprint density at radius 3 is 2.67 bits per heavy atom. The van der Waals surface area contributed by atoms with Gasteiger partial charge in [0.1, 0.15) is 0 Å². The number of anilines is 1. The predicted octanol–water partition coefficient (Wildman–Crippen LogP) is 1.77. The second-order valence-electron chi connectivity index (χ2n) is 5.46. The van der Waals surface area contributed by atoms with Crippen molar-refractivity contribution in [3.05, 3.63) is 29.3 Å². The molecule has 1 saturated heterocycles. The molecule has 1 heterocycles. The molecular weight excluding hydrogens is 222 g/mol. The summed E-state index contributed by atoms with van der Waals surface area (Å²) in [5, 5.41) is 0. The number of nitrogens with zero attached hydrogens (tertiary/aromatic N) is 2. The monoisotopic (exact) mass is 247 g/mol. The van der Waals surface area contributed by atoms with E-state index in [-0.39, 0.29) is 0 Å². The highest BCUT2D eigenvalue weighted by Gasteiger charge is 2.24. The second kappa shape index (κ2) is 5.72. The van der Waals surface area contributed by atoms with E-state index in [1.54, 1.807) is 0 Å². The maximum Gasteiger partial charge on any atom is 0.0429 e. The molecule has 3 nitrogen and oxygen atoms in total. The lowest BCUT2D eigenvalue weighted by Gasteiger charge is -2.41. The van der Waals surface area contributed by atoms with E-state index in [9.17, 15) is 0 Å². The molecule has 0 aliphatic carbocycles. The van der Waals surface area contributed by atoms with Gasteiger partial charge in [-0.2, -0.15) is 0 Å². The Hall–Kier alpha value is -1.06. The van der Waals surface area contributed by atoms with Gasteiger partial charge in [0.15, 0.2) is 0 Å². The van der Waals surface area contributed by atoms with Crippen LogP contribution in [0.3, 0.4) is 0 Å². The lowest BCUT2D eigenvalue weighted by Crippen LogP contribution is -2.52. The van der Waals surface area contributed by atoms with Crippen molar-refractivity contribution in [1.29, 1.82) is 0 Å². The fraction of sp³-hybridized carbons (Fsp3) is 0.600. The van der Waals surface area contributed by atoms with Gasteiger partial charge in [-0.05, 0) is 57.1 Å². The Bertz CT molecular complexity index is 403. The summed E-state index contributed by atoms with van der Waals surface area (Å²) in [5.41, 5.74) is 9.84. The molecule has 0 spiro atoms. The van der Waals surface area contributed by atoms with Gasteiger partial charge in [0, 0.05) is 31.4 Å². The van der Waals surface area contributed by atoms with Crippen molar-refractivity contribution < 1.29 is 0 Å². The van der Waals surface area contributed by atoms with Crippen molar-refractivity contribution in [2.75, 3.05) is 38.1 Å². The molecule has 1 aliphatic rings. The number of likely N-dealkylation sites (N-methyl/N-ethyl adjacent to an activating group) is 1. The molecule has 1 aromatic carbocycles. The van der Waals surface area contributed by atoms with Crippen LogP contribution in [-0.2, 0) is 0 Å². The average Bonchev–Trinajstić information content (AvgIpc) is 2.34. The maximum absolute atomic E-state index is 5.75. The molecule has 1 aliphatic heterocycles. The van der Waals surface area contributed by atoms with Gasteiger partial charge in [0.2, 0.25) is 0 Å². The van der Waals surface area contributed by atoms with Crippen LogP contribution in [0.25, 0.3) is 0 Å². The van der Waals surface area contributed by atoms with Crippen LogP contribution >= 0.6 is 0 Å². The molecule has 3 heteroatoms. The first kappa shape index (κ1) is 13.4. The second-order valence-corrected chi connectivity index (χ2v) is 5.46. The molecule has 1 unspecified atom stereocenters. The molecule has 0 aromatic heterocycles. The minimum atomic E-state index is 0.552. The summed E-state index contributed by atoms with van der Waals surface area (Å²) < 4.78 is 0. The van der Waals surface area contributed by atoms with Crippen LogP contribution in [0.2, 0.25) is 0 Å². The van der Waals surface area contributed by atoms with Crippen LogP contribution in [0.5, 0.6) is 0 Å². The molecule has 2 N–H and O–H groups in total. The average molecular weight is 247 g/mol. The fourth-order valence-corrected chi connectivity index (χ4v) is 2.69. The number of rotatable bonds is 3. The third kappa shape index (κ3) is 2.85. The van der Waals surface area contributed by atoms with E-state index in [1.165, 1.54) is 16.8 Å². The first-order valence-corrected chi connectivity index (χ1v) is 6.84. The highest BCUT2D eigenvalue weighted by molar-refractivity contribution is 5.52. The highest BCUT2D eigenvalue weighted by atomic mass is 15.3. The summed E-state index contributed by atoms with van der Waals surface area (Å²) in [6.07, 6.45) is 1.07. The number of piperazine rings is 1. The fourth-order valence-electron chi connectivity index (χ4n) is 2.69. The van der Waals surface area contributed by atoms with Gasteiger partial charge in [0.25, 0.3) is 0 Å². The zero-order valence-electron chi connectivity index (χ0n) is 11.8. The van der Waals surface area contributed by atoms with Crippen LogP contribution in [-0.4, -0.2) is 44.2 Å². The van der Waals surface area contributed by atoms with Gasteiger partial charge in [-0.15, -0.1) is 0 Å². The lowest BCUT2D eigenvalue weighted by molar-refractivity contribution is 0.262. The molecule has 0 radical (unpaired) electrons. The largest absolute Gasteiger partial charge is 0.366 e. The van der Waals surface area contributed by atoms with Crippen molar-refractivity contribution in [2.24, 2.45) is 5.73 Å². The van der Waals surface area contributed by atoms with Crippen molar-refractivity contribution in [2.45, 2.75) is 26.3 Å². The third-order valence-corrected chi connectivity index (χ3v) is 4.01. The number of nitrogens with two attached hydrogens (primary N) is 1. The van der Waals surface area contributed by atoms with Crippen LogP contribution in [0.1, 0.15) is 17.5 Å². The summed E-state index contributed by atoms with van der Waals surface area (Å²) in [6, 6.07) is 7.33. The normalized spacial score (nSPS) is 21.3. The summed E-state index contributed by atoms with van der Waals surface area (Å²) in [4.78, 5) is 4.93. The predicted molar refractivity (Wildman–Crippen MR) is 78.2 cm³/mol. The van der Waals surface area contributed by atoms with Gasteiger partial charge in [-0.3, -0.25) is 0 Å². The van der Waals surface area contributed by atoms with Crippen LogP contribution in [0.4, 0.5) is 5.69 Å². The van der Waals surface area contributed by atoms with Crippen molar-refractivity contribution in [3.63, 3.8) is 0 Å². The molecule has 2 rings (SSSR count). The maximum atomic E-state index is 5.75. The van der Waals surface area contributed by atoms with E-state index in [0.29, 0.717) is 6.04 Å². The minimum Gasteiger partial charge on any atom is -0.366 e. The van der Waals surface area contributed by atoms with E-state index in [0.717, 1.165) is 32.6 Å². The van der Waals surface area contributed by atoms with Gasteiger partial charge in [0.05, 0.1) is 0 Å². The topological polar surface area (TPSA) is 32.5 Å². The number of hydrogen-bond acceptors (Lipinski definition) is 3. The standard InChI is InChI=1S/C15H25N3/c1-12-4-5-14(10-13(12)2)18-9-8-17(3)11-15(18)6-7-16/h4-5,10,15H,6-9,11,16H2,1-3H3. The zero-order valence-corrected chi connectivity index (χ0v) is 11.8. The quantitative estimate of drug-likeness (QED) is 0.883. The molecular formula is C15H25N3. The van der Waals surface area contributed by atoms with Crippen molar-refractivity contribution in [3.8, 4) is 0 Å². The third-order valence-electron chi connectivity index (χ3n) is 4.01. The minimum absolute atomic E-state index is 0.552. The molecule has 1 aromatic rings. The smallest absolute Gasteiger partial charge is 0.0429 e. The van der Waals surface area contributed by atoms with Crippen molar-refractivity contribution >= 4 is 5.69 Å². The summed E-state index contributed by atoms with van der Waals surface area (Å²) in [7, 11) is 2.20. The van der Waals surface area contributed by atoms with E-state index >= 15 is 0 Å². The van der Waals surface area contributed by atoms with Gasteiger partial charge < -0.3 is 15.5 Å². The molecule has 0 amide bonds. The molecule has 1 atom stereocenters.